The van der Waals surface area contributed by atoms with Crippen LogP contribution in [0.25, 0.3) is 0 Å². The summed E-state index contributed by atoms with van der Waals surface area (Å²) in [5, 5.41) is 0. The molecule has 0 amide bonds. The van der Waals surface area contributed by atoms with Gasteiger partial charge in [0.2, 0.25) is 0 Å². The van der Waals surface area contributed by atoms with E-state index in [-0.39, 0.29) is 11.2 Å². The predicted molar refractivity (Wildman–Crippen MR) is 61.8 cm³/mol. The molecule has 0 bridgehead atoms. The molecule has 2 rings (SSSR count). The molecule has 78 valence electrons. The Kier molecular flexibility index (Phi) is 2.47. The normalized spacial score (nSPS) is 28.5. The lowest BCUT2D eigenvalue weighted by atomic mass is 9.90. The van der Waals surface area contributed by atoms with Crippen LogP contribution < -0.4 is 0 Å². The largest absolute Gasteiger partial charge is 0.294 e. The van der Waals surface area contributed by atoms with Crippen molar-refractivity contribution in [1.82, 2.24) is 0 Å². The molecule has 0 saturated heterocycles. The molecule has 1 aliphatic rings. The Hall–Kier alpha value is -1.37. The Morgan fingerprint density at radius 3 is 2.67 bits per heavy atom. The van der Waals surface area contributed by atoms with Crippen molar-refractivity contribution in [3.63, 3.8) is 0 Å². The fourth-order valence-electron chi connectivity index (χ4n) is 2.35. The number of benzene rings is 1. The average Bonchev–Trinajstić information content (AvgIpc) is 3.04. The molecule has 0 aromatic heterocycles. The molecule has 2 unspecified atom stereocenters. The maximum atomic E-state index is 12.3. The maximum absolute atomic E-state index is 12.3. The first-order chi connectivity index (χ1) is 7.24. The molecule has 1 heteroatoms. The first kappa shape index (κ1) is 10.2. The molecule has 1 saturated carbocycles. The molecular weight excluding hydrogens is 184 g/mol. The van der Waals surface area contributed by atoms with Gasteiger partial charge in [0.1, 0.15) is 0 Å². The number of carbonyl (C=O) groups is 1. The summed E-state index contributed by atoms with van der Waals surface area (Å²) >= 11 is 0. The lowest BCUT2D eigenvalue weighted by Gasteiger charge is -2.12. The van der Waals surface area contributed by atoms with Crippen LogP contribution in [-0.4, -0.2) is 5.78 Å². The molecule has 0 spiro atoms. The minimum atomic E-state index is -0.136. The van der Waals surface area contributed by atoms with Crippen molar-refractivity contribution >= 4 is 5.78 Å². The zero-order valence-corrected chi connectivity index (χ0v) is 9.07. The summed E-state index contributed by atoms with van der Waals surface area (Å²) < 4.78 is 0. The Morgan fingerprint density at radius 2 is 2.20 bits per heavy atom. The van der Waals surface area contributed by atoms with Gasteiger partial charge in [-0.25, -0.2) is 0 Å². The van der Waals surface area contributed by atoms with E-state index in [1.165, 1.54) is 0 Å². The quantitative estimate of drug-likeness (QED) is 0.537. The van der Waals surface area contributed by atoms with Crippen LogP contribution in [0.15, 0.2) is 43.0 Å². The second-order valence-corrected chi connectivity index (χ2v) is 4.25. The molecule has 0 radical (unpaired) electrons. The Bertz CT molecular complexity index is 380. The SMILES string of the molecule is C=CC1CC1(CC)C(=O)c1ccccc1. The van der Waals surface area contributed by atoms with E-state index in [0.29, 0.717) is 5.92 Å². The molecular formula is C14H16O. The van der Waals surface area contributed by atoms with Crippen LogP contribution in [0, 0.1) is 11.3 Å². The highest BCUT2D eigenvalue weighted by Crippen LogP contribution is 2.57. The number of hydrogen-bond acceptors (Lipinski definition) is 1. The van der Waals surface area contributed by atoms with Crippen LogP contribution in [-0.2, 0) is 0 Å². The number of allylic oxidation sites excluding steroid dienone is 1. The summed E-state index contributed by atoms with van der Waals surface area (Å²) in [7, 11) is 0. The summed E-state index contributed by atoms with van der Waals surface area (Å²) in [6, 6.07) is 9.58. The maximum Gasteiger partial charge on any atom is 0.169 e. The number of ketones is 1. The zero-order chi connectivity index (χ0) is 10.9. The van der Waals surface area contributed by atoms with Crippen molar-refractivity contribution < 1.29 is 4.79 Å². The predicted octanol–water partition coefficient (Wildman–Crippen LogP) is 3.47. The van der Waals surface area contributed by atoms with E-state index in [0.717, 1.165) is 18.4 Å². The Morgan fingerprint density at radius 1 is 1.53 bits per heavy atom. The van der Waals surface area contributed by atoms with Gasteiger partial charge in [-0.05, 0) is 18.8 Å². The summed E-state index contributed by atoms with van der Waals surface area (Å²) in [5.74, 6) is 0.672. The molecule has 1 fully saturated rings. The van der Waals surface area contributed by atoms with Crippen molar-refractivity contribution in [2.24, 2.45) is 11.3 Å². The molecule has 15 heavy (non-hydrogen) atoms. The van der Waals surface area contributed by atoms with Crippen LogP contribution in [0.1, 0.15) is 30.1 Å². The van der Waals surface area contributed by atoms with E-state index in [1.54, 1.807) is 0 Å². The zero-order valence-electron chi connectivity index (χ0n) is 9.07. The molecule has 1 nitrogen and oxygen atoms in total. The highest BCUT2D eigenvalue weighted by atomic mass is 16.1. The smallest absolute Gasteiger partial charge is 0.169 e. The fourth-order valence-corrected chi connectivity index (χ4v) is 2.35. The highest BCUT2D eigenvalue weighted by molar-refractivity contribution is 6.02. The molecule has 1 aromatic rings. The number of hydrogen-bond donors (Lipinski definition) is 0. The number of carbonyl (C=O) groups excluding carboxylic acids is 1. The van der Waals surface area contributed by atoms with Crippen molar-refractivity contribution in [1.29, 1.82) is 0 Å². The van der Waals surface area contributed by atoms with Gasteiger partial charge in [-0.3, -0.25) is 4.79 Å². The minimum absolute atomic E-state index is 0.136. The van der Waals surface area contributed by atoms with Crippen molar-refractivity contribution in [3.8, 4) is 0 Å². The lowest BCUT2D eigenvalue weighted by molar-refractivity contribution is 0.0888. The van der Waals surface area contributed by atoms with Gasteiger partial charge < -0.3 is 0 Å². The van der Waals surface area contributed by atoms with Gasteiger partial charge >= 0.3 is 0 Å². The van der Waals surface area contributed by atoms with Gasteiger partial charge in [0.15, 0.2) is 5.78 Å². The first-order valence-electron chi connectivity index (χ1n) is 5.47. The first-order valence-corrected chi connectivity index (χ1v) is 5.47. The van der Waals surface area contributed by atoms with E-state index in [2.05, 4.69) is 13.5 Å². The topological polar surface area (TPSA) is 17.1 Å². The van der Waals surface area contributed by atoms with E-state index in [9.17, 15) is 4.79 Å². The minimum Gasteiger partial charge on any atom is -0.294 e. The summed E-state index contributed by atoms with van der Waals surface area (Å²) in [6.07, 6.45) is 3.81. The van der Waals surface area contributed by atoms with Crippen LogP contribution in [0.3, 0.4) is 0 Å². The van der Waals surface area contributed by atoms with E-state index < -0.39 is 0 Å². The van der Waals surface area contributed by atoms with E-state index in [4.69, 9.17) is 0 Å². The monoisotopic (exact) mass is 200 g/mol. The van der Waals surface area contributed by atoms with E-state index in [1.807, 2.05) is 36.4 Å². The van der Waals surface area contributed by atoms with Crippen LogP contribution in [0.2, 0.25) is 0 Å². The van der Waals surface area contributed by atoms with Gasteiger partial charge in [-0.2, -0.15) is 0 Å². The highest BCUT2D eigenvalue weighted by Gasteiger charge is 2.56. The van der Waals surface area contributed by atoms with Gasteiger partial charge in [-0.15, -0.1) is 6.58 Å². The standard InChI is InChI=1S/C14H16O/c1-3-12-10-14(12,4-2)13(15)11-8-6-5-7-9-11/h3,5-9,12H,1,4,10H2,2H3. The van der Waals surface area contributed by atoms with Crippen LogP contribution in [0.4, 0.5) is 0 Å². The number of rotatable bonds is 4. The van der Waals surface area contributed by atoms with Gasteiger partial charge in [0, 0.05) is 11.0 Å². The molecule has 1 aliphatic carbocycles. The van der Waals surface area contributed by atoms with Gasteiger partial charge in [-0.1, -0.05) is 43.3 Å². The van der Waals surface area contributed by atoms with Crippen molar-refractivity contribution in [2.75, 3.05) is 0 Å². The Balaban J connectivity index is 2.26. The summed E-state index contributed by atoms with van der Waals surface area (Å²) in [6.45, 7) is 5.88. The number of Topliss-reactive ketones (excluding diaryl/α,β-unsaturated/α-hetero) is 1. The average molecular weight is 200 g/mol. The molecule has 1 aromatic carbocycles. The summed E-state index contributed by atoms with van der Waals surface area (Å²) in [5.41, 5.74) is 0.701. The van der Waals surface area contributed by atoms with Crippen LogP contribution >= 0.6 is 0 Å². The second kappa shape index (κ2) is 3.65. The summed E-state index contributed by atoms with van der Waals surface area (Å²) in [4.78, 5) is 12.3. The van der Waals surface area contributed by atoms with Crippen LogP contribution in [0.5, 0.6) is 0 Å². The molecule has 2 atom stereocenters. The Labute approximate surface area is 90.8 Å². The third kappa shape index (κ3) is 1.52. The third-order valence-corrected chi connectivity index (χ3v) is 3.54. The van der Waals surface area contributed by atoms with Gasteiger partial charge in [0.05, 0.1) is 0 Å². The van der Waals surface area contributed by atoms with Gasteiger partial charge in [0.25, 0.3) is 0 Å². The van der Waals surface area contributed by atoms with E-state index >= 15 is 0 Å². The second-order valence-electron chi connectivity index (χ2n) is 4.25. The molecule has 0 N–H and O–H groups in total. The third-order valence-electron chi connectivity index (χ3n) is 3.54. The fraction of sp³-hybridized carbons (Fsp3) is 0.357. The lowest BCUT2D eigenvalue weighted by Crippen LogP contribution is -2.17. The molecule has 0 heterocycles. The van der Waals surface area contributed by atoms with Crippen molar-refractivity contribution in [2.45, 2.75) is 19.8 Å². The van der Waals surface area contributed by atoms with Crippen molar-refractivity contribution in [3.05, 3.63) is 48.6 Å². The molecule has 0 aliphatic heterocycles.